The predicted octanol–water partition coefficient (Wildman–Crippen LogP) is 4.59. The van der Waals surface area contributed by atoms with Crippen LogP contribution in [0.25, 0.3) is 0 Å². The lowest BCUT2D eigenvalue weighted by Crippen LogP contribution is -2.58. The zero-order valence-corrected chi connectivity index (χ0v) is 31.2. The van der Waals surface area contributed by atoms with E-state index >= 15 is 0 Å². The van der Waals surface area contributed by atoms with E-state index in [1.54, 1.807) is 0 Å². The number of hydrogen-bond donors (Lipinski definition) is 2. The Morgan fingerprint density at radius 1 is 0.694 bits per heavy atom. The molecule has 13 nitrogen and oxygen atoms in total. The lowest BCUT2D eigenvalue weighted by Gasteiger charge is -2.38. The second kappa shape index (κ2) is 25.1. The molecular weight excluding hydrogens is 656 g/mol. The number of carbonyl (C=O) groups excluding carboxylic acids is 6. The minimum Gasteiger partial charge on any atom is -0.462 e. The molecule has 0 bridgehead atoms. The van der Waals surface area contributed by atoms with Crippen LogP contribution in [-0.2, 0) is 47.7 Å². The largest absolute Gasteiger partial charge is 0.462 e. The maximum atomic E-state index is 13.2. The highest BCUT2D eigenvalue weighted by Gasteiger charge is 2.50. The van der Waals surface area contributed by atoms with Gasteiger partial charge in [0.2, 0.25) is 11.8 Å². The first kappa shape index (κ1) is 44.2. The Balaban J connectivity index is 2.77. The van der Waals surface area contributed by atoms with Crippen LogP contribution in [0.5, 0.6) is 0 Å². The SMILES string of the molecule is CCCCCCCCCCCCCCCCNC(=O)C1CSC(C(O)C(OC(C)=O)C(OC(C)=O)C(COC(C)=O)OC(C)=O)N1C(C)=O. The molecule has 2 amide bonds. The topological polar surface area (TPSA) is 175 Å². The molecule has 1 aliphatic heterocycles. The van der Waals surface area contributed by atoms with E-state index in [1.807, 2.05) is 0 Å². The minimum atomic E-state index is -1.71. The van der Waals surface area contributed by atoms with E-state index in [0.29, 0.717) is 6.54 Å². The summed E-state index contributed by atoms with van der Waals surface area (Å²) < 4.78 is 21.0. The number of unbranched alkanes of at least 4 members (excludes halogenated alkanes) is 13. The maximum absolute atomic E-state index is 13.2. The number of ether oxygens (including phenoxy) is 4. The van der Waals surface area contributed by atoms with E-state index < -0.39 is 72.2 Å². The number of rotatable bonds is 25. The van der Waals surface area contributed by atoms with Crippen molar-refractivity contribution >= 4 is 47.5 Å². The molecule has 0 aromatic heterocycles. The highest BCUT2D eigenvalue weighted by molar-refractivity contribution is 8.00. The van der Waals surface area contributed by atoms with E-state index in [4.69, 9.17) is 18.9 Å². The van der Waals surface area contributed by atoms with Crippen LogP contribution in [0, 0.1) is 0 Å². The monoisotopic (exact) mass is 716 g/mol. The molecule has 1 rings (SSSR count). The molecule has 0 aliphatic carbocycles. The molecule has 6 atom stereocenters. The second-order valence-corrected chi connectivity index (χ2v) is 13.8. The predicted molar refractivity (Wildman–Crippen MR) is 185 cm³/mol. The normalized spacial score (nSPS) is 18.1. The molecule has 0 spiro atoms. The molecule has 1 heterocycles. The zero-order chi connectivity index (χ0) is 36.8. The van der Waals surface area contributed by atoms with Crippen LogP contribution in [0.2, 0.25) is 0 Å². The van der Waals surface area contributed by atoms with Gasteiger partial charge in [0.1, 0.15) is 24.1 Å². The standard InChI is InChI=1S/C35H60N2O11S/c1-7-8-9-10-11-12-13-14-15-16-17-18-19-20-21-36-34(44)29-23-49-35(37(29)24(2)38)31(43)33(48-28(6)42)32(47-27(5)41)30(46-26(4)40)22-45-25(3)39/h29-33,35,43H,7-23H2,1-6H3,(H,36,44). The average Bonchev–Trinajstić information content (AvgIpc) is 3.48. The van der Waals surface area contributed by atoms with Crippen molar-refractivity contribution in [3.63, 3.8) is 0 Å². The van der Waals surface area contributed by atoms with E-state index in [0.717, 1.165) is 58.7 Å². The highest BCUT2D eigenvalue weighted by atomic mass is 32.2. The summed E-state index contributed by atoms with van der Waals surface area (Å²) in [5.41, 5.74) is 0. The summed E-state index contributed by atoms with van der Waals surface area (Å²) in [6.07, 6.45) is 10.7. The van der Waals surface area contributed by atoms with Crippen LogP contribution in [0.1, 0.15) is 131 Å². The number of nitrogens with one attached hydrogen (secondary N) is 1. The summed E-state index contributed by atoms with van der Waals surface area (Å²) in [6, 6.07) is -0.913. The fourth-order valence-corrected chi connectivity index (χ4v) is 7.38. The lowest BCUT2D eigenvalue weighted by atomic mass is 10.0. The number of aliphatic hydroxyl groups is 1. The van der Waals surface area contributed by atoms with Crippen molar-refractivity contribution in [3.05, 3.63) is 0 Å². The summed E-state index contributed by atoms with van der Waals surface area (Å²) in [5.74, 6) is -4.00. The summed E-state index contributed by atoms with van der Waals surface area (Å²) >= 11 is 1.09. The van der Waals surface area contributed by atoms with Gasteiger partial charge in [-0.25, -0.2) is 0 Å². The molecule has 1 saturated heterocycles. The third-order valence-corrected chi connectivity index (χ3v) is 9.58. The number of hydrogen-bond acceptors (Lipinski definition) is 12. The molecule has 0 aromatic carbocycles. The summed E-state index contributed by atoms with van der Waals surface area (Å²) in [6.45, 7) is 7.69. The number of thioether (sulfide) groups is 1. The maximum Gasteiger partial charge on any atom is 0.303 e. The molecule has 1 fully saturated rings. The van der Waals surface area contributed by atoms with Crippen molar-refractivity contribution < 1.29 is 52.8 Å². The third-order valence-electron chi connectivity index (χ3n) is 8.22. The molecule has 0 aromatic rings. The number of aliphatic hydroxyl groups excluding tert-OH is 1. The molecule has 0 saturated carbocycles. The Bertz CT molecular complexity index is 1040. The van der Waals surface area contributed by atoms with E-state index in [-0.39, 0.29) is 11.7 Å². The summed E-state index contributed by atoms with van der Waals surface area (Å²) in [4.78, 5) is 74.9. The quantitative estimate of drug-likeness (QED) is 0.0765. The molecule has 282 valence electrons. The van der Waals surface area contributed by atoms with Crippen LogP contribution in [0.4, 0.5) is 0 Å². The number of carbonyl (C=O) groups is 6. The smallest absolute Gasteiger partial charge is 0.303 e. The first-order valence-electron chi connectivity index (χ1n) is 17.8. The average molecular weight is 717 g/mol. The Kier molecular flexibility index (Phi) is 22.7. The van der Waals surface area contributed by atoms with Gasteiger partial charge in [-0.2, -0.15) is 0 Å². The first-order valence-corrected chi connectivity index (χ1v) is 18.9. The van der Waals surface area contributed by atoms with Gasteiger partial charge in [-0.1, -0.05) is 90.4 Å². The van der Waals surface area contributed by atoms with Crippen molar-refractivity contribution in [2.45, 2.75) is 167 Å². The van der Waals surface area contributed by atoms with E-state index in [9.17, 15) is 33.9 Å². The molecular formula is C35H60N2O11S. The molecule has 0 radical (unpaired) electrons. The van der Waals surface area contributed by atoms with Gasteiger partial charge in [0.25, 0.3) is 0 Å². The van der Waals surface area contributed by atoms with Crippen LogP contribution in [0.3, 0.4) is 0 Å². The Labute approximate surface area is 296 Å². The van der Waals surface area contributed by atoms with Gasteiger partial charge in [0.15, 0.2) is 18.3 Å². The summed E-state index contributed by atoms with van der Waals surface area (Å²) in [7, 11) is 0. The van der Waals surface area contributed by atoms with Gasteiger partial charge in [-0.05, 0) is 6.42 Å². The molecule has 2 N–H and O–H groups in total. The number of amides is 2. The molecule has 1 aliphatic rings. The van der Waals surface area contributed by atoms with Gasteiger partial charge in [-0.3, -0.25) is 28.8 Å². The molecule has 6 unspecified atom stereocenters. The Morgan fingerprint density at radius 2 is 1.16 bits per heavy atom. The van der Waals surface area contributed by atoms with Gasteiger partial charge >= 0.3 is 23.9 Å². The van der Waals surface area contributed by atoms with Crippen LogP contribution in [-0.4, -0.2) is 100 Å². The van der Waals surface area contributed by atoms with Crippen molar-refractivity contribution in [3.8, 4) is 0 Å². The number of nitrogens with zero attached hydrogens (tertiary/aromatic N) is 1. The number of esters is 4. The lowest BCUT2D eigenvalue weighted by molar-refractivity contribution is -0.200. The Morgan fingerprint density at radius 3 is 1.61 bits per heavy atom. The highest BCUT2D eigenvalue weighted by Crippen LogP contribution is 2.35. The fraction of sp³-hybridized carbons (Fsp3) is 0.829. The van der Waals surface area contributed by atoms with Crippen LogP contribution < -0.4 is 5.32 Å². The third kappa shape index (κ3) is 18.1. The zero-order valence-electron chi connectivity index (χ0n) is 30.4. The van der Waals surface area contributed by atoms with Gasteiger partial charge < -0.3 is 34.3 Å². The summed E-state index contributed by atoms with van der Waals surface area (Å²) in [5, 5.41) is 13.4. The van der Waals surface area contributed by atoms with Crippen molar-refractivity contribution in [1.29, 1.82) is 0 Å². The van der Waals surface area contributed by atoms with Crippen LogP contribution >= 0.6 is 11.8 Å². The fourth-order valence-electron chi connectivity index (χ4n) is 5.88. The minimum absolute atomic E-state index is 0.151. The van der Waals surface area contributed by atoms with Gasteiger partial charge in [0, 0.05) is 46.9 Å². The van der Waals surface area contributed by atoms with Crippen molar-refractivity contribution in [2.24, 2.45) is 0 Å². The van der Waals surface area contributed by atoms with Gasteiger partial charge in [-0.15, -0.1) is 11.8 Å². The molecule has 14 heteroatoms. The van der Waals surface area contributed by atoms with Crippen molar-refractivity contribution in [1.82, 2.24) is 10.2 Å². The first-order chi connectivity index (χ1) is 23.3. The Hall–Kier alpha value is -2.87. The van der Waals surface area contributed by atoms with E-state index in [2.05, 4.69) is 12.2 Å². The van der Waals surface area contributed by atoms with Crippen molar-refractivity contribution in [2.75, 3.05) is 18.9 Å². The molecule has 49 heavy (non-hydrogen) atoms. The van der Waals surface area contributed by atoms with Gasteiger partial charge in [0.05, 0.1) is 0 Å². The second-order valence-electron chi connectivity index (χ2n) is 12.6. The van der Waals surface area contributed by atoms with E-state index in [1.165, 1.54) is 82.5 Å². The van der Waals surface area contributed by atoms with Crippen LogP contribution in [0.15, 0.2) is 0 Å².